The van der Waals surface area contributed by atoms with E-state index in [1.165, 1.54) is 0 Å². The van der Waals surface area contributed by atoms with Crippen LogP contribution < -0.4 is 9.47 Å². The van der Waals surface area contributed by atoms with Gasteiger partial charge in [0.1, 0.15) is 16.0 Å². The minimum atomic E-state index is -0.718. The van der Waals surface area contributed by atoms with Gasteiger partial charge in [-0.25, -0.2) is 0 Å². The van der Waals surface area contributed by atoms with Crippen molar-refractivity contribution in [3.8, 4) is 11.5 Å². The fraction of sp³-hybridized carbons (Fsp3) is 0.571. The maximum absolute atomic E-state index is 10.4. The van der Waals surface area contributed by atoms with Crippen molar-refractivity contribution in [3.05, 3.63) is 21.7 Å². The largest absolute Gasteiger partial charge is 0.495 e. The fourth-order valence-corrected chi connectivity index (χ4v) is 2.97. The van der Waals surface area contributed by atoms with Crippen LogP contribution in [0.3, 0.4) is 0 Å². The molecule has 3 nitrogen and oxygen atoms in total. The van der Waals surface area contributed by atoms with Gasteiger partial charge in [-0.1, -0.05) is 13.8 Å². The Bertz CT molecular complexity index is 465. The summed E-state index contributed by atoms with van der Waals surface area (Å²) in [6.45, 7) is 4.22. The molecule has 0 aromatic heterocycles. The molecule has 0 spiro atoms. The second kappa shape index (κ2) is 4.74. The molecule has 1 aliphatic carbocycles. The van der Waals surface area contributed by atoms with Crippen molar-refractivity contribution in [2.75, 3.05) is 14.2 Å². The van der Waals surface area contributed by atoms with Crippen molar-refractivity contribution in [2.24, 2.45) is 0 Å². The molecule has 1 fully saturated rings. The highest BCUT2D eigenvalue weighted by Gasteiger charge is 2.45. The fourth-order valence-electron chi connectivity index (χ4n) is 2.20. The van der Waals surface area contributed by atoms with E-state index in [1.54, 1.807) is 14.2 Å². The van der Waals surface area contributed by atoms with Gasteiger partial charge in [0.2, 0.25) is 0 Å². The van der Waals surface area contributed by atoms with Crippen LogP contribution in [-0.4, -0.2) is 19.3 Å². The summed E-state index contributed by atoms with van der Waals surface area (Å²) >= 11 is 3.53. The molecular weight excluding hydrogens is 296 g/mol. The monoisotopic (exact) mass is 314 g/mol. The Hall–Kier alpha value is -0.740. The lowest BCUT2D eigenvalue weighted by Crippen LogP contribution is -2.10. The maximum Gasteiger partial charge on any atom is 0.142 e. The summed E-state index contributed by atoms with van der Waals surface area (Å²) in [5.74, 6) is 1.79. The zero-order valence-electron chi connectivity index (χ0n) is 11.2. The molecule has 4 heteroatoms. The van der Waals surface area contributed by atoms with E-state index in [4.69, 9.17) is 9.47 Å². The first kappa shape index (κ1) is 13.7. The zero-order chi connectivity index (χ0) is 13.5. The van der Waals surface area contributed by atoms with Crippen LogP contribution >= 0.6 is 15.9 Å². The Labute approximate surface area is 116 Å². The molecule has 2 rings (SSSR count). The lowest BCUT2D eigenvalue weighted by molar-refractivity contribution is 0.147. The van der Waals surface area contributed by atoms with Gasteiger partial charge in [0.25, 0.3) is 0 Å². The van der Waals surface area contributed by atoms with Gasteiger partial charge < -0.3 is 14.6 Å². The lowest BCUT2D eigenvalue weighted by atomic mass is 9.95. The molecular formula is C14H19BrO3. The Kier molecular flexibility index (Phi) is 3.60. The summed E-state index contributed by atoms with van der Waals surface area (Å²) in [6.07, 6.45) is 1.58. The summed E-state index contributed by atoms with van der Waals surface area (Å²) in [5, 5.41) is 10.4. The normalized spacial score (nSPS) is 16.8. The van der Waals surface area contributed by atoms with E-state index in [1.807, 2.05) is 6.07 Å². The Balaban J connectivity index is 2.67. The molecule has 100 valence electrons. The third-order valence-corrected chi connectivity index (χ3v) is 4.18. The van der Waals surface area contributed by atoms with Crippen LogP contribution in [0, 0.1) is 0 Å². The Morgan fingerprint density at radius 3 is 2.17 bits per heavy atom. The van der Waals surface area contributed by atoms with E-state index in [0.717, 1.165) is 34.2 Å². The summed E-state index contributed by atoms with van der Waals surface area (Å²) in [6, 6.07) is 2.01. The van der Waals surface area contributed by atoms with Crippen molar-refractivity contribution >= 4 is 15.9 Å². The van der Waals surface area contributed by atoms with Crippen LogP contribution in [-0.2, 0) is 5.60 Å². The second-order valence-electron chi connectivity index (χ2n) is 5.08. The van der Waals surface area contributed by atoms with E-state index in [0.29, 0.717) is 11.7 Å². The molecule has 0 radical (unpaired) electrons. The molecule has 1 saturated carbocycles. The van der Waals surface area contributed by atoms with Gasteiger partial charge in [-0.3, -0.25) is 0 Å². The Morgan fingerprint density at radius 1 is 1.22 bits per heavy atom. The number of ether oxygens (including phenoxy) is 2. The third kappa shape index (κ3) is 2.12. The van der Waals surface area contributed by atoms with Crippen LogP contribution in [0.5, 0.6) is 11.5 Å². The van der Waals surface area contributed by atoms with Gasteiger partial charge in [0, 0.05) is 5.56 Å². The van der Waals surface area contributed by atoms with Gasteiger partial charge in [-0.05, 0) is 46.3 Å². The van der Waals surface area contributed by atoms with Gasteiger partial charge in [-0.2, -0.15) is 0 Å². The van der Waals surface area contributed by atoms with Gasteiger partial charge >= 0.3 is 0 Å². The van der Waals surface area contributed by atoms with E-state index in [2.05, 4.69) is 29.8 Å². The van der Waals surface area contributed by atoms with Crippen molar-refractivity contribution in [2.45, 2.75) is 38.2 Å². The second-order valence-corrected chi connectivity index (χ2v) is 5.87. The maximum atomic E-state index is 10.4. The SMILES string of the molecule is COc1c(C(C)C)cc(C2(O)CC2)c(OC)c1Br. The van der Waals surface area contributed by atoms with Crippen LogP contribution in [0.2, 0.25) is 0 Å². The van der Waals surface area contributed by atoms with Crippen LogP contribution in [0.4, 0.5) is 0 Å². The quantitative estimate of drug-likeness (QED) is 0.923. The summed E-state index contributed by atoms with van der Waals surface area (Å²) in [7, 11) is 3.26. The summed E-state index contributed by atoms with van der Waals surface area (Å²) in [5.41, 5.74) is 1.23. The number of hydrogen-bond acceptors (Lipinski definition) is 3. The summed E-state index contributed by atoms with van der Waals surface area (Å²) in [4.78, 5) is 0. The predicted molar refractivity (Wildman–Crippen MR) is 74.5 cm³/mol. The van der Waals surface area contributed by atoms with Crippen molar-refractivity contribution < 1.29 is 14.6 Å². The molecule has 0 aliphatic heterocycles. The minimum absolute atomic E-state index is 0.322. The molecule has 1 N–H and O–H groups in total. The average molecular weight is 315 g/mol. The van der Waals surface area contributed by atoms with Gasteiger partial charge in [0.05, 0.1) is 19.8 Å². The first-order valence-corrected chi connectivity index (χ1v) is 6.91. The molecule has 0 saturated heterocycles. The number of rotatable bonds is 4. The number of benzene rings is 1. The average Bonchev–Trinajstić information content (AvgIpc) is 3.07. The molecule has 0 heterocycles. The predicted octanol–water partition coefficient (Wildman–Crippen LogP) is 3.57. The van der Waals surface area contributed by atoms with E-state index >= 15 is 0 Å². The summed E-state index contributed by atoms with van der Waals surface area (Å²) < 4.78 is 11.7. The van der Waals surface area contributed by atoms with Gasteiger partial charge in [0.15, 0.2) is 0 Å². The van der Waals surface area contributed by atoms with Gasteiger partial charge in [-0.15, -0.1) is 0 Å². The molecule has 1 aromatic rings. The van der Waals surface area contributed by atoms with E-state index < -0.39 is 5.60 Å². The molecule has 0 unspecified atom stereocenters. The number of halogens is 1. The van der Waals surface area contributed by atoms with Crippen molar-refractivity contribution in [1.29, 1.82) is 0 Å². The molecule has 0 amide bonds. The first-order valence-electron chi connectivity index (χ1n) is 6.12. The molecule has 18 heavy (non-hydrogen) atoms. The lowest BCUT2D eigenvalue weighted by Gasteiger charge is -2.21. The minimum Gasteiger partial charge on any atom is -0.495 e. The van der Waals surface area contributed by atoms with Crippen LogP contribution in [0.1, 0.15) is 43.7 Å². The third-order valence-electron chi connectivity index (χ3n) is 3.46. The van der Waals surface area contributed by atoms with Crippen LogP contribution in [0.15, 0.2) is 10.5 Å². The van der Waals surface area contributed by atoms with E-state index in [-0.39, 0.29) is 0 Å². The smallest absolute Gasteiger partial charge is 0.142 e. The molecule has 1 aliphatic rings. The van der Waals surface area contributed by atoms with Crippen molar-refractivity contribution in [1.82, 2.24) is 0 Å². The topological polar surface area (TPSA) is 38.7 Å². The van der Waals surface area contributed by atoms with Crippen molar-refractivity contribution in [3.63, 3.8) is 0 Å². The molecule has 0 atom stereocenters. The highest BCUT2D eigenvalue weighted by atomic mass is 79.9. The number of hydrogen-bond donors (Lipinski definition) is 1. The highest BCUT2D eigenvalue weighted by Crippen LogP contribution is 2.53. The Morgan fingerprint density at radius 2 is 1.78 bits per heavy atom. The number of methoxy groups -OCH3 is 2. The molecule has 1 aromatic carbocycles. The standard InChI is InChI=1S/C14H19BrO3/c1-8(2)9-7-10(14(16)5-6-14)13(18-4)11(15)12(9)17-3/h7-8,16H,5-6H2,1-4H3. The molecule has 0 bridgehead atoms. The highest BCUT2D eigenvalue weighted by molar-refractivity contribution is 9.10. The zero-order valence-corrected chi connectivity index (χ0v) is 12.8. The van der Waals surface area contributed by atoms with E-state index in [9.17, 15) is 5.11 Å². The van der Waals surface area contributed by atoms with Crippen LogP contribution in [0.25, 0.3) is 0 Å². The number of aliphatic hydroxyl groups is 1. The first-order chi connectivity index (χ1) is 8.44.